The molecule has 0 aromatic heterocycles. The Hall–Kier alpha value is -2.56. The van der Waals surface area contributed by atoms with Crippen LogP contribution in [0.1, 0.15) is 37.9 Å². The lowest BCUT2D eigenvalue weighted by atomic mass is 9.85. The van der Waals surface area contributed by atoms with Gasteiger partial charge in [-0.3, -0.25) is 0 Å². The highest BCUT2D eigenvalue weighted by molar-refractivity contribution is 5.69. The molecule has 1 atom stereocenters. The molecule has 0 saturated heterocycles. The average molecular weight is 343 g/mol. The first-order chi connectivity index (χ1) is 11.8. The fraction of sp³-hybridized carbons (Fsp3) is 0.350. The lowest BCUT2D eigenvalue weighted by Gasteiger charge is -2.27. The highest BCUT2D eigenvalue weighted by Gasteiger charge is 2.40. The summed E-state index contributed by atoms with van der Waals surface area (Å²) in [5, 5.41) is 11.6. The van der Waals surface area contributed by atoms with Crippen LogP contribution in [-0.4, -0.2) is 17.8 Å². The van der Waals surface area contributed by atoms with Crippen molar-refractivity contribution in [3.63, 3.8) is 0 Å². The number of hydrogen-bond acceptors (Lipinski definition) is 2. The van der Waals surface area contributed by atoms with E-state index in [1.165, 1.54) is 6.07 Å². The zero-order chi connectivity index (χ0) is 18.2. The van der Waals surface area contributed by atoms with Gasteiger partial charge < -0.3 is 15.2 Å². The van der Waals surface area contributed by atoms with Gasteiger partial charge in [0.2, 0.25) is 0 Å². The van der Waals surface area contributed by atoms with Gasteiger partial charge in [0.15, 0.2) is 0 Å². The Bertz CT molecular complexity index is 817. The van der Waals surface area contributed by atoms with Crippen molar-refractivity contribution in [2.24, 2.45) is 5.41 Å². The maximum Gasteiger partial charge on any atom is 0.405 e. The van der Waals surface area contributed by atoms with Gasteiger partial charge in [-0.25, -0.2) is 9.18 Å². The SMILES string of the molecule is CCOc1cccc(-c2cc3c(cc2F)[C@H](NC(=O)O)C(C)(C)C3)c1. The van der Waals surface area contributed by atoms with Crippen LogP contribution < -0.4 is 10.1 Å². The summed E-state index contributed by atoms with van der Waals surface area (Å²) < 4.78 is 20.3. The quantitative estimate of drug-likeness (QED) is 0.840. The summed E-state index contributed by atoms with van der Waals surface area (Å²) in [5.41, 5.74) is 2.64. The highest BCUT2D eigenvalue weighted by Crippen LogP contribution is 2.46. The van der Waals surface area contributed by atoms with Crippen LogP contribution in [0.2, 0.25) is 0 Å². The van der Waals surface area contributed by atoms with E-state index in [-0.39, 0.29) is 11.2 Å². The lowest BCUT2D eigenvalue weighted by Crippen LogP contribution is -2.34. The molecule has 4 nitrogen and oxygen atoms in total. The molecular formula is C20H22FNO3. The van der Waals surface area contributed by atoms with Crippen molar-refractivity contribution in [2.45, 2.75) is 33.2 Å². The van der Waals surface area contributed by atoms with E-state index in [2.05, 4.69) is 5.32 Å². The monoisotopic (exact) mass is 343 g/mol. The van der Waals surface area contributed by atoms with Gasteiger partial charge in [-0.2, -0.15) is 0 Å². The summed E-state index contributed by atoms with van der Waals surface area (Å²) in [6.45, 7) is 6.43. The molecule has 132 valence electrons. The normalized spacial score (nSPS) is 17.8. The van der Waals surface area contributed by atoms with Crippen molar-refractivity contribution in [1.82, 2.24) is 5.32 Å². The van der Waals surface area contributed by atoms with E-state index in [9.17, 15) is 9.18 Å². The Morgan fingerprint density at radius 3 is 2.80 bits per heavy atom. The van der Waals surface area contributed by atoms with Crippen molar-refractivity contribution in [3.05, 3.63) is 53.3 Å². The predicted octanol–water partition coefficient (Wildman–Crippen LogP) is 4.78. The molecule has 0 heterocycles. The lowest BCUT2D eigenvalue weighted by molar-refractivity contribution is 0.175. The molecule has 0 unspecified atom stereocenters. The van der Waals surface area contributed by atoms with Gasteiger partial charge >= 0.3 is 6.09 Å². The minimum Gasteiger partial charge on any atom is -0.494 e. The zero-order valence-electron chi connectivity index (χ0n) is 14.6. The van der Waals surface area contributed by atoms with Crippen LogP contribution in [0.5, 0.6) is 5.75 Å². The third kappa shape index (κ3) is 3.31. The van der Waals surface area contributed by atoms with Crippen LogP contribution in [0.4, 0.5) is 9.18 Å². The number of carboxylic acid groups (broad SMARTS) is 1. The summed E-state index contributed by atoms with van der Waals surface area (Å²) in [6.07, 6.45) is -0.411. The minimum absolute atomic E-state index is 0.307. The van der Waals surface area contributed by atoms with Gasteiger partial charge in [-0.05, 0) is 59.7 Å². The van der Waals surface area contributed by atoms with Gasteiger partial charge in [-0.1, -0.05) is 26.0 Å². The largest absolute Gasteiger partial charge is 0.494 e. The molecule has 0 bridgehead atoms. The van der Waals surface area contributed by atoms with Gasteiger partial charge in [0.1, 0.15) is 11.6 Å². The molecule has 0 fully saturated rings. The predicted molar refractivity (Wildman–Crippen MR) is 94.4 cm³/mol. The third-order valence-corrected chi connectivity index (χ3v) is 4.69. The van der Waals surface area contributed by atoms with Gasteiger partial charge in [-0.15, -0.1) is 0 Å². The molecular weight excluding hydrogens is 321 g/mol. The minimum atomic E-state index is -1.10. The smallest absolute Gasteiger partial charge is 0.405 e. The van der Waals surface area contributed by atoms with E-state index in [1.54, 1.807) is 0 Å². The molecule has 25 heavy (non-hydrogen) atoms. The maximum absolute atomic E-state index is 14.8. The molecule has 1 amide bonds. The Kier molecular flexibility index (Phi) is 4.41. The second-order valence-corrected chi connectivity index (χ2v) is 7.04. The van der Waals surface area contributed by atoms with E-state index in [4.69, 9.17) is 9.84 Å². The molecule has 5 heteroatoms. The number of nitrogens with one attached hydrogen (secondary N) is 1. The zero-order valence-corrected chi connectivity index (χ0v) is 14.6. The second-order valence-electron chi connectivity index (χ2n) is 7.04. The number of amides is 1. The Balaban J connectivity index is 2.04. The molecule has 1 aliphatic carbocycles. The number of fused-ring (bicyclic) bond motifs is 1. The van der Waals surface area contributed by atoms with E-state index in [0.717, 1.165) is 16.7 Å². The van der Waals surface area contributed by atoms with Crippen LogP contribution in [0.25, 0.3) is 11.1 Å². The number of carbonyl (C=O) groups is 1. The first-order valence-corrected chi connectivity index (χ1v) is 8.37. The van der Waals surface area contributed by atoms with Crippen molar-refractivity contribution in [3.8, 4) is 16.9 Å². The van der Waals surface area contributed by atoms with E-state index < -0.39 is 12.1 Å². The van der Waals surface area contributed by atoms with Gasteiger partial charge in [0.05, 0.1) is 12.6 Å². The van der Waals surface area contributed by atoms with Gasteiger partial charge in [0.25, 0.3) is 0 Å². The molecule has 2 aromatic rings. The maximum atomic E-state index is 14.8. The second kappa shape index (κ2) is 6.39. The summed E-state index contributed by atoms with van der Waals surface area (Å²) in [6, 6.07) is 10.2. The van der Waals surface area contributed by atoms with Gasteiger partial charge in [0, 0.05) is 5.56 Å². The van der Waals surface area contributed by atoms with Crippen LogP contribution in [0.3, 0.4) is 0 Å². The van der Waals surface area contributed by atoms with Crippen molar-refractivity contribution >= 4 is 6.09 Å². The number of halogens is 1. The van der Waals surface area contributed by atoms with Crippen LogP contribution in [-0.2, 0) is 6.42 Å². The highest BCUT2D eigenvalue weighted by atomic mass is 19.1. The molecule has 3 rings (SSSR count). The summed E-state index contributed by atoms with van der Waals surface area (Å²) in [5.74, 6) is 0.341. The van der Waals surface area contributed by atoms with Crippen LogP contribution in [0, 0.1) is 11.2 Å². The van der Waals surface area contributed by atoms with E-state index in [1.807, 2.05) is 51.1 Å². The summed E-state index contributed by atoms with van der Waals surface area (Å²) >= 11 is 0. The molecule has 2 N–H and O–H groups in total. The number of rotatable bonds is 4. The summed E-state index contributed by atoms with van der Waals surface area (Å²) in [4.78, 5) is 11.1. The molecule has 0 saturated carbocycles. The Morgan fingerprint density at radius 1 is 1.36 bits per heavy atom. The Labute approximate surface area is 146 Å². The van der Waals surface area contributed by atoms with E-state index in [0.29, 0.717) is 24.3 Å². The fourth-order valence-electron chi connectivity index (χ4n) is 3.61. The molecule has 2 aromatic carbocycles. The fourth-order valence-corrected chi connectivity index (χ4v) is 3.61. The number of benzene rings is 2. The van der Waals surface area contributed by atoms with Crippen molar-refractivity contribution < 1.29 is 19.0 Å². The number of hydrogen-bond donors (Lipinski definition) is 2. The van der Waals surface area contributed by atoms with E-state index >= 15 is 0 Å². The Morgan fingerprint density at radius 2 is 2.12 bits per heavy atom. The third-order valence-electron chi connectivity index (χ3n) is 4.69. The van der Waals surface area contributed by atoms with Crippen molar-refractivity contribution in [1.29, 1.82) is 0 Å². The molecule has 0 radical (unpaired) electrons. The number of ether oxygens (including phenoxy) is 1. The van der Waals surface area contributed by atoms with Crippen LogP contribution >= 0.6 is 0 Å². The first-order valence-electron chi connectivity index (χ1n) is 8.37. The topological polar surface area (TPSA) is 58.6 Å². The molecule has 0 spiro atoms. The standard InChI is InChI=1S/C20H22FNO3/c1-4-25-14-7-5-6-12(8-14)15-9-13-11-20(2,3)18(22-19(23)24)16(13)10-17(15)21/h5-10,18,22H,4,11H2,1-3H3,(H,23,24)/t18-/m0/s1. The van der Waals surface area contributed by atoms with Crippen molar-refractivity contribution in [2.75, 3.05) is 6.61 Å². The first kappa shape index (κ1) is 17.3. The molecule has 0 aliphatic heterocycles. The molecule has 1 aliphatic rings. The van der Waals surface area contributed by atoms with Crippen LogP contribution in [0.15, 0.2) is 36.4 Å². The average Bonchev–Trinajstić information content (AvgIpc) is 2.77. The summed E-state index contributed by atoms with van der Waals surface area (Å²) in [7, 11) is 0.